The van der Waals surface area contributed by atoms with Crippen molar-refractivity contribution in [3.63, 3.8) is 0 Å². The molecule has 0 spiro atoms. The third-order valence-electron chi connectivity index (χ3n) is 2.53. The summed E-state index contributed by atoms with van der Waals surface area (Å²) < 4.78 is 61.6. The number of nitrogens with one attached hydrogen (secondary N) is 2. The van der Waals surface area contributed by atoms with Crippen molar-refractivity contribution in [1.29, 1.82) is 0 Å². The molecule has 0 saturated heterocycles. The Kier molecular flexibility index (Phi) is 4.73. The van der Waals surface area contributed by atoms with Crippen LogP contribution in [0, 0.1) is 0 Å². The predicted octanol–water partition coefficient (Wildman–Crippen LogP) is 3.17. The summed E-state index contributed by atoms with van der Waals surface area (Å²) in [6.45, 7) is 0. The van der Waals surface area contributed by atoms with E-state index in [4.69, 9.17) is 0 Å². The van der Waals surface area contributed by atoms with Gasteiger partial charge in [0.05, 0.1) is 10.5 Å². The van der Waals surface area contributed by atoms with Gasteiger partial charge in [0.15, 0.2) is 0 Å². The highest BCUT2D eigenvalue weighted by Crippen LogP contribution is 2.28. The average molecular weight is 396 g/mol. The molecule has 0 radical (unpaired) electrons. The van der Waals surface area contributed by atoms with Crippen LogP contribution in [0.1, 0.15) is 5.56 Å². The van der Waals surface area contributed by atoms with E-state index in [2.05, 4.69) is 26.3 Å². The smallest absolute Gasteiger partial charge is 0.292 e. The molecule has 0 saturated carbocycles. The number of anilines is 1. The van der Waals surface area contributed by atoms with Crippen LogP contribution in [0.4, 0.5) is 19.0 Å². The molecule has 1 heterocycles. The number of nitrogens with zero attached hydrogens (tertiary/aromatic N) is 1. The van der Waals surface area contributed by atoms with Gasteiger partial charge in [-0.25, -0.2) is 13.4 Å². The largest absolute Gasteiger partial charge is 0.417 e. The van der Waals surface area contributed by atoms with E-state index in [0.717, 1.165) is 12.1 Å². The summed E-state index contributed by atoms with van der Waals surface area (Å²) in [4.78, 5) is 5.51. The van der Waals surface area contributed by atoms with Crippen LogP contribution in [0.25, 0.3) is 0 Å². The van der Waals surface area contributed by atoms with Gasteiger partial charge in [-0.05, 0) is 40.2 Å². The maximum absolute atomic E-state index is 12.4. The topological polar surface area (TPSA) is 71.1 Å². The molecule has 0 aliphatic heterocycles. The molecule has 118 valence electrons. The van der Waals surface area contributed by atoms with Gasteiger partial charge < -0.3 is 0 Å². The Morgan fingerprint density at radius 3 is 2.32 bits per heavy atom. The predicted molar refractivity (Wildman–Crippen MR) is 77.3 cm³/mol. The molecule has 2 aromatic rings. The number of hydrazine groups is 1. The molecular weight excluding hydrogens is 387 g/mol. The Hall–Kier alpha value is -1.65. The summed E-state index contributed by atoms with van der Waals surface area (Å²) in [6, 6.07) is 7.91. The maximum Gasteiger partial charge on any atom is 0.417 e. The molecule has 1 aromatic carbocycles. The second-order valence-electron chi connectivity index (χ2n) is 4.09. The molecule has 1 aromatic heterocycles. The SMILES string of the molecule is O=S(=O)(NNc1ccc(C(F)(F)F)cn1)c1ccccc1Br. The van der Waals surface area contributed by atoms with Crippen LogP contribution in [-0.2, 0) is 16.2 Å². The molecule has 0 aliphatic rings. The summed E-state index contributed by atoms with van der Waals surface area (Å²) in [5, 5.41) is 0. The number of aromatic nitrogens is 1. The zero-order chi connectivity index (χ0) is 16.4. The lowest BCUT2D eigenvalue weighted by Crippen LogP contribution is -2.30. The molecule has 2 rings (SSSR count). The van der Waals surface area contributed by atoms with Gasteiger partial charge in [0.1, 0.15) is 5.82 Å². The highest BCUT2D eigenvalue weighted by molar-refractivity contribution is 9.10. The Morgan fingerprint density at radius 2 is 1.77 bits per heavy atom. The highest BCUT2D eigenvalue weighted by Gasteiger charge is 2.30. The van der Waals surface area contributed by atoms with Gasteiger partial charge in [-0.2, -0.15) is 13.2 Å². The van der Waals surface area contributed by atoms with Crippen molar-refractivity contribution in [1.82, 2.24) is 9.82 Å². The summed E-state index contributed by atoms with van der Waals surface area (Å²) in [7, 11) is -3.90. The van der Waals surface area contributed by atoms with Crippen molar-refractivity contribution >= 4 is 31.8 Å². The van der Waals surface area contributed by atoms with E-state index < -0.39 is 21.8 Å². The van der Waals surface area contributed by atoms with Gasteiger partial charge >= 0.3 is 6.18 Å². The first-order valence-electron chi connectivity index (χ1n) is 5.76. The average Bonchev–Trinajstić information content (AvgIpc) is 2.45. The number of hydrogen-bond acceptors (Lipinski definition) is 4. The summed E-state index contributed by atoms with van der Waals surface area (Å²) in [5.41, 5.74) is 1.33. The standard InChI is InChI=1S/C12H9BrF3N3O2S/c13-9-3-1-2-4-10(9)22(20,21)19-18-11-6-5-8(7-17-11)12(14,15)16/h1-7,19H,(H,17,18). The molecule has 0 bridgehead atoms. The molecule has 0 atom stereocenters. The van der Waals surface area contributed by atoms with Gasteiger partial charge in [-0.15, -0.1) is 4.83 Å². The number of rotatable bonds is 4. The fourth-order valence-electron chi connectivity index (χ4n) is 1.47. The lowest BCUT2D eigenvalue weighted by molar-refractivity contribution is -0.137. The third-order valence-corrected chi connectivity index (χ3v) is 4.79. The zero-order valence-corrected chi connectivity index (χ0v) is 13.1. The lowest BCUT2D eigenvalue weighted by Gasteiger charge is -2.11. The monoisotopic (exact) mass is 395 g/mol. The van der Waals surface area contributed by atoms with Crippen molar-refractivity contribution < 1.29 is 21.6 Å². The van der Waals surface area contributed by atoms with Crippen LogP contribution < -0.4 is 10.3 Å². The number of sulfonamides is 1. The van der Waals surface area contributed by atoms with Gasteiger partial charge in [0.25, 0.3) is 10.0 Å². The normalized spacial score (nSPS) is 12.2. The Bertz CT molecular complexity index is 764. The highest BCUT2D eigenvalue weighted by atomic mass is 79.9. The van der Waals surface area contributed by atoms with E-state index in [1.807, 2.05) is 4.83 Å². The molecule has 5 nitrogen and oxygen atoms in total. The molecule has 0 aliphatic carbocycles. The van der Waals surface area contributed by atoms with E-state index in [0.29, 0.717) is 10.7 Å². The first-order valence-corrected chi connectivity index (χ1v) is 8.03. The first-order chi connectivity index (χ1) is 10.2. The van der Waals surface area contributed by atoms with Crippen molar-refractivity contribution in [3.05, 3.63) is 52.6 Å². The molecule has 0 amide bonds. The molecule has 22 heavy (non-hydrogen) atoms. The van der Waals surface area contributed by atoms with Crippen molar-refractivity contribution in [2.45, 2.75) is 11.1 Å². The summed E-state index contributed by atoms with van der Waals surface area (Å²) in [6.07, 6.45) is -3.89. The zero-order valence-electron chi connectivity index (χ0n) is 10.7. The molecule has 0 unspecified atom stereocenters. The number of halogens is 4. The number of hydrogen-bond donors (Lipinski definition) is 2. The van der Waals surface area contributed by atoms with Crippen molar-refractivity contribution in [2.24, 2.45) is 0 Å². The maximum atomic E-state index is 12.4. The van der Waals surface area contributed by atoms with Crippen LogP contribution in [0.2, 0.25) is 0 Å². The molecule has 2 N–H and O–H groups in total. The fourth-order valence-corrected chi connectivity index (χ4v) is 3.33. The minimum atomic E-state index is -4.50. The van der Waals surface area contributed by atoms with Crippen LogP contribution in [0.3, 0.4) is 0 Å². The third kappa shape index (κ3) is 3.96. The van der Waals surface area contributed by atoms with E-state index in [1.165, 1.54) is 12.1 Å². The molecule has 0 fully saturated rings. The van der Waals surface area contributed by atoms with Crippen LogP contribution in [-0.4, -0.2) is 13.4 Å². The first kappa shape index (κ1) is 16.7. The Labute approximate surface area is 132 Å². The minimum Gasteiger partial charge on any atom is -0.292 e. The number of alkyl halides is 3. The minimum absolute atomic E-state index is 0.0191. The van der Waals surface area contributed by atoms with Crippen molar-refractivity contribution in [3.8, 4) is 0 Å². The Balaban J connectivity index is 2.11. The van der Waals surface area contributed by atoms with Gasteiger partial charge in [-0.1, -0.05) is 12.1 Å². The quantitative estimate of drug-likeness (QED) is 0.779. The van der Waals surface area contributed by atoms with Gasteiger partial charge in [0, 0.05) is 10.7 Å². The number of benzene rings is 1. The second-order valence-corrected chi connectivity index (χ2v) is 6.60. The van der Waals surface area contributed by atoms with E-state index >= 15 is 0 Å². The molecular formula is C12H9BrF3N3O2S. The van der Waals surface area contributed by atoms with Crippen LogP contribution in [0.15, 0.2) is 52.0 Å². The van der Waals surface area contributed by atoms with E-state index in [-0.39, 0.29) is 10.7 Å². The summed E-state index contributed by atoms with van der Waals surface area (Å²) >= 11 is 3.10. The fraction of sp³-hybridized carbons (Fsp3) is 0.0833. The van der Waals surface area contributed by atoms with Crippen LogP contribution >= 0.6 is 15.9 Å². The van der Waals surface area contributed by atoms with Crippen LogP contribution in [0.5, 0.6) is 0 Å². The van der Waals surface area contributed by atoms with Gasteiger partial charge in [0.2, 0.25) is 0 Å². The Morgan fingerprint density at radius 1 is 1.09 bits per heavy atom. The second kappa shape index (κ2) is 6.23. The summed E-state index contributed by atoms with van der Waals surface area (Å²) in [5.74, 6) is -0.0661. The lowest BCUT2D eigenvalue weighted by atomic mass is 10.3. The molecule has 10 heteroatoms. The van der Waals surface area contributed by atoms with Crippen molar-refractivity contribution in [2.75, 3.05) is 5.43 Å². The van der Waals surface area contributed by atoms with Gasteiger partial charge in [-0.3, -0.25) is 5.43 Å². The number of pyridine rings is 1. The van der Waals surface area contributed by atoms with E-state index in [1.54, 1.807) is 12.1 Å². The van der Waals surface area contributed by atoms with E-state index in [9.17, 15) is 21.6 Å².